The molecule has 1 aromatic rings. The lowest BCUT2D eigenvalue weighted by molar-refractivity contribution is -0.134. The Balaban J connectivity index is 1.81. The number of hydrogen-bond acceptors (Lipinski definition) is 5. The molecule has 1 heterocycles. The molecule has 0 radical (unpaired) electrons. The number of benzene rings is 1. The number of aliphatic hydroxyl groups excluding tert-OH is 1. The lowest BCUT2D eigenvalue weighted by Gasteiger charge is -2.33. The number of amides is 1. The van der Waals surface area contributed by atoms with Crippen molar-refractivity contribution in [3.8, 4) is 0 Å². The molecule has 2 rings (SSSR count). The molecule has 2 atom stereocenters. The lowest BCUT2D eigenvalue weighted by atomic mass is 10.0. The molecule has 0 spiro atoms. The standard InChI is InChI=1S/C21H27NO4S2/c23-18(16-28-19-9-3-1-4-10-19)13-12-17-8-7-11-20(24)22(17)14-5-2-6-15-27-21(25)26/h1-5,9-10,12-13,17-18,23H,6-8,11,14-16H2,(H,25,26)/b5-2-,13-12+/t17-,18?/m1/s1. The van der Waals surface area contributed by atoms with Crippen LogP contribution in [0.1, 0.15) is 25.7 Å². The molecule has 1 amide bonds. The molecule has 0 saturated carbocycles. The minimum atomic E-state index is -0.867. The number of rotatable bonds is 10. The maximum absolute atomic E-state index is 12.3. The molecule has 1 unspecified atom stereocenters. The van der Waals surface area contributed by atoms with Crippen molar-refractivity contribution in [1.82, 2.24) is 4.90 Å². The Bertz CT molecular complexity index is 678. The largest absolute Gasteiger partial charge is 0.473 e. The van der Waals surface area contributed by atoms with Gasteiger partial charge >= 0.3 is 5.30 Å². The Morgan fingerprint density at radius 3 is 2.82 bits per heavy atom. The highest BCUT2D eigenvalue weighted by atomic mass is 32.2. The fourth-order valence-corrected chi connectivity index (χ4v) is 4.17. The molecule has 1 saturated heterocycles. The number of nitrogens with zero attached hydrogens (tertiary/aromatic N) is 1. The smallest absolute Gasteiger partial charge is 0.364 e. The highest BCUT2D eigenvalue weighted by molar-refractivity contribution is 8.13. The third kappa shape index (κ3) is 8.54. The number of carbonyl (C=O) groups excluding carboxylic acids is 1. The number of thioether (sulfide) groups is 2. The second kappa shape index (κ2) is 12.7. The van der Waals surface area contributed by atoms with Crippen LogP contribution in [0.25, 0.3) is 0 Å². The van der Waals surface area contributed by atoms with Gasteiger partial charge in [0.15, 0.2) is 0 Å². The van der Waals surface area contributed by atoms with E-state index >= 15 is 0 Å². The first-order valence-electron chi connectivity index (χ1n) is 9.40. The Kier molecular flexibility index (Phi) is 10.2. The highest BCUT2D eigenvalue weighted by Gasteiger charge is 2.25. The van der Waals surface area contributed by atoms with Gasteiger partial charge in [-0.2, -0.15) is 0 Å². The van der Waals surface area contributed by atoms with E-state index in [1.807, 2.05) is 53.5 Å². The summed E-state index contributed by atoms with van der Waals surface area (Å²) in [5, 5.41) is 18.0. The molecule has 1 fully saturated rings. The average Bonchev–Trinajstić information content (AvgIpc) is 2.69. The van der Waals surface area contributed by atoms with Gasteiger partial charge in [0.1, 0.15) is 0 Å². The van der Waals surface area contributed by atoms with Crippen molar-refractivity contribution in [2.75, 3.05) is 18.1 Å². The Hall–Kier alpha value is -1.70. The Labute approximate surface area is 174 Å². The van der Waals surface area contributed by atoms with Gasteiger partial charge in [0.2, 0.25) is 5.91 Å². The van der Waals surface area contributed by atoms with E-state index in [9.17, 15) is 14.7 Å². The molecular weight excluding hydrogens is 394 g/mol. The van der Waals surface area contributed by atoms with Crippen LogP contribution in [0.15, 0.2) is 59.5 Å². The monoisotopic (exact) mass is 421 g/mol. The van der Waals surface area contributed by atoms with E-state index in [0.717, 1.165) is 29.5 Å². The molecule has 28 heavy (non-hydrogen) atoms. The summed E-state index contributed by atoms with van der Waals surface area (Å²) in [4.78, 5) is 25.7. The zero-order valence-corrected chi connectivity index (χ0v) is 17.4. The van der Waals surface area contributed by atoms with Crippen LogP contribution in [0, 0.1) is 0 Å². The summed E-state index contributed by atoms with van der Waals surface area (Å²) in [5.74, 6) is 1.22. The summed E-state index contributed by atoms with van der Waals surface area (Å²) in [5.41, 5.74) is 0. The second-order valence-corrected chi connectivity index (χ2v) is 8.60. The SMILES string of the molecule is O=C(O)SCC/C=C\CN1C(=O)CCC[C@@H]1/C=C/C(O)CSc1ccccc1. The van der Waals surface area contributed by atoms with Gasteiger partial charge in [-0.3, -0.25) is 4.79 Å². The molecule has 0 aliphatic carbocycles. The molecule has 7 heteroatoms. The van der Waals surface area contributed by atoms with Gasteiger partial charge in [0, 0.05) is 29.4 Å². The van der Waals surface area contributed by atoms with Crippen LogP contribution in [0.2, 0.25) is 0 Å². The van der Waals surface area contributed by atoms with Gasteiger partial charge in [-0.1, -0.05) is 42.5 Å². The molecule has 2 N–H and O–H groups in total. The van der Waals surface area contributed by atoms with Gasteiger partial charge in [0.05, 0.1) is 12.1 Å². The topological polar surface area (TPSA) is 77.8 Å². The van der Waals surface area contributed by atoms with E-state index in [-0.39, 0.29) is 11.9 Å². The maximum Gasteiger partial charge on any atom is 0.364 e. The first-order chi connectivity index (χ1) is 13.6. The van der Waals surface area contributed by atoms with Crippen LogP contribution in [0.3, 0.4) is 0 Å². The highest BCUT2D eigenvalue weighted by Crippen LogP contribution is 2.21. The summed E-state index contributed by atoms with van der Waals surface area (Å²) in [7, 11) is 0. The Morgan fingerprint density at radius 2 is 2.07 bits per heavy atom. The van der Waals surface area contributed by atoms with Crippen molar-refractivity contribution in [3.63, 3.8) is 0 Å². The third-order valence-corrected chi connectivity index (χ3v) is 6.11. The van der Waals surface area contributed by atoms with E-state index in [2.05, 4.69) is 0 Å². The van der Waals surface area contributed by atoms with Crippen LogP contribution in [-0.4, -0.2) is 56.5 Å². The van der Waals surface area contributed by atoms with Gasteiger partial charge < -0.3 is 15.1 Å². The average molecular weight is 422 g/mol. The van der Waals surface area contributed by atoms with E-state index < -0.39 is 11.4 Å². The van der Waals surface area contributed by atoms with Crippen LogP contribution in [0.4, 0.5) is 4.79 Å². The predicted molar refractivity (Wildman–Crippen MR) is 116 cm³/mol. The molecule has 1 aliphatic rings. The third-order valence-electron chi connectivity index (χ3n) is 4.31. The second-order valence-electron chi connectivity index (χ2n) is 6.46. The van der Waals surface area contributed by atoms with Crippen LogP contribution in [0.5, 0.6) is 0 Å². The molecule has 152 valence electrons. The number of carbonyl (C=O) groups is 2. The number of piperidine rings is 1. The minimum absolute atomic E-state index is 0.00401. The normalized spacial score (nSPS) is 18.8. The van der Waals surface area contributed by atoms with Gasteiger partial charge in [-0.15, -0.1) is 11.8 Å². The molecule has 1 aromatic carbocycles. The summed E-state index contributed by atoms with van der Waals surface area (Å²) in [6.45, 7) is 0.514. The number of allylic oxidation sites excluding steroid dienone is 1. The quantitative estimate of drug-likeness (QED) is 0.330. The van der Waals surface area contributed by atoms with E-state index in [0.29, 0.717) is 30.9 Å². The van der Waals surface area contributed by atoms with Crippen molar-refractivity contribution in [2.45, 2.75) is 42.7 Å². The molecular formula is C21H27NO4S2. The molecule has 0 bridgehead atoms. The fourth-order valence-electron chi connectivity index (χ4n) is 2.91. The number of hydrogen-bond donors (Lipinski definition) is 2. The number of likely N-dealkylation sites (tertiary alicyclic amines) is 1. The van der Waals surface area contributed by atoms with Crippen LogP contribution in [-0.2, 0) is 4.79 Å². The Morgan fingerprint density at radius 1 is 1.29 bits per heavy atom. The zero-order chi connectivity index (χ0) is 20.2. The fraction of sp³-hybridized carbons (Fsp3) is 0.429. The van der Waals surface area contributed by atoms with E-state index in [1.165, 1.54) is 0 Å². The first kappa shape index (κ1) is 22.6. The van der Waals surface area contributed by atoms with Crippen molar-refractivity contribution < 1.29 is 19.8 Å². The lowest BCUT2D eigenvalue weighted by Crippen LogP contribution is -2.42. The number of aliphatic hydroxyl groups is 1. The van der Waals surface area contributed by atoms with Crippen molar-refractivity contribution in [3.05, 3.63) is 54.6 Å². The van der Waals surface area contributed by atoms with Crippen molar-refractivity contribution in [1.29, 1.82) is 0 Å². The predicted octanol–water partition coefficient (Wildman–Crippen LogP) is 4.43. The van der Waals surface area contributed by atoms with Gasteiger partial charge in [0.25, 0.3) is 0 Å². The summed E-state index contributed by atoms with van der Waals surface area (Å²) in [6, 6.07) is 9.95. The maximum atomic E-state index is 12.3. The molecule has 1 aliphatic heterocycles. The summed E-state index contributed by atoms with van der Waals surface area (Å²) >= 11 is 2.48. The zero-order valence-electron chi connectivity index (χ0n) is 15.8. The van der Waals surface area contributed by atoms with Crippen molar-refractivity contribution >= 4 is 34.7 Å². The summed E-state index contributed by atoms with van der Waals surface area (Å²) in [6.07, 6.45) is 9.99. The van der Waals surface area contributed by atoms with Gasteiger partial charge in [-0.05, 0) is 43.2 Å². The summed E-state index contributed by atoms with van der Waals surface area (Å²) < 4.78 is 0. The van der Waals surface area contributed by atoms with Gasteiger partial charge in [-0.25, -0.2) is 4.79 Å². The van der Waals surface area contributed by atoms with Crippen LogP contribution >= 0.6 is 23.5 Å². The van der Waals surface area contributed by atoms with E-state index in [1.54, 1.807) is 17.8 Å². The van der Waals surface area contributed by atoms with E-state index in [4.69, 9.17) is 5.11 Å². The first-order valence-corrected chi connectivity index (χ1v) is 11.4. The van der Waals surface area contributed by atoms with Crippen LogP contribution < -0.4 is 0 Å². The molecule has 5 nitrogen and oxygen atoms in total. The minimum Gasteiger partial charge on any atom is -0.473 e. The van der Waals surface area contributed by atoms with Crippen molar-refractivity contribution in [2.24, 2.45) is 0 Å². The number of carboxylic acid groups (broad SMARTS) is 1. The molecule has 0 aromatic heterocycles.